The van der Waals surface area contributed by atoms with E-state index in [9.17, 15) is 0 Å². The van der Waals surface area contributed by atoms with Gasteiger partial charge in [-0.2, -0.15) is 11.8 Å². The molecule has 0 atom stereocenters. The van der Waals surface area contributed by atoms with Crippen LogP contribution in [0, 0.1) is 0 Å². The number of hydrogen-bond donors (Lipinski definition) is 0. The number of thioether (sulfide) groups is 1. The Labute approximate surface area is 98.6 Å². The topological polar surface area (TPSA) is 3.24 Å². The fourth-order valence-electron chi connectivity index (χ4n) is 1.80. The first kappa shape index (κ1) is 14.6. The van der Waals surface area contributed by atoms with E-state index in [4.69, 9.17) is 11.6 Å². The lowest BCUT2D eigenvalue weighted by Crippen LogP contribution is -2.37. The molecule has 0 aliphatic carbocycles. The maximum absolute atomic E-state index is 5.82. The molecule has 0 unspecified atom stereocenters. The molecule has 86 valence electrons. The highest BCUT2D eigenvalue weighted by Gasteiger charge is 2.13. The molecule has 0 aromatic carbocycles. The number of nitrogens with zero attached hydrogens (tertiary/aromatic N) is 1. The molecule has 0 heterocycles. The molecule has 0 saturated heterocycles. The van der Waals surface area contributed by atoms with Crippen molar-refractivity contribution in [1.29, 1.82) is 0 Å². The third kappa shape index (κ3) is 6.15. The van der Waals surface area contributed by atoms with Gasteiger partial charge in [0.25, 0.3) is 0 Å². The van der Waals surface area contributed by atoms with Crippen molar-refractivity contribution in [2.45, 2.75) is 39.2 Å². The summed E-state index contributed by atoms with van der Waals surface area (Å²) in [5.74, 6) is 2.02. The standard InChI is InChI=1S/C11H24ClNS/c1-4-11(5-2)13(9-7-12)8-6-10-14-3/h11H,4-10H2,1-3H3. The van der Waals surface area contributed by atoms with E-state index in [2.05, 4.69) is 25.0 Å². The summed E-state index contributed by atoms with van der Waals surface area (Å²) >= 11 is 7.75. The van der Waals surface area contributed by atoms with Gasteiger partial charge in [-0.15, -0.1) is 11.6 Å². The molecule has 0 aliphatic rings. The van der Waals surface area contributed by atoms with Crippen molar-refractivity contribution in [1.82, 2.24) is 4.90 Å². The summed E-state index contributed by atoms with van der Waals surface area (Å²) in [6, 6.07) is 0.732. The number of rotatable bonds is 9. The summed E-state index contributed by atoms with van der Waals surface area (Å²) < 4.78 is 0. The number of alkyl halides is 1. The van der Waals surface area contributed by atoms with Gasteiger partial charge in [-0.1, -0.05) is 13.8 Å². The van der Waals surface area contributed by atoms with Crippen molar-refractivity contribution in [3.63, 3.8) is 0 Å². The summed E-state index contributed by atoms with van der Waals surface area (Å²) in [7, 11) is 0. The highest BCUT2D eigenvalue weighted by Crippen LogP contribution is 2.10. The lowest BCUT2D eigenvalue weighted by molar-refractivity contribution is 0.197. The van der Waals surface area contributed by atoms with Crippen LogP contribution in [0.4, 0.5) is 0 Å². The fourth-order valence-corrected chi connectivity index (χ4v) is 2.44. The molecule has 0 aromatic heterocycles. The molecule has 14 heavy (non-hydrogen) atoms. The highest BCUT2D eigenvalue weighted by atomic mass is 35.5. The van der Waals surface area contributed by atoms with Crippen LogP contribution < -0.4 is 0 Å². The first-order chi connectivity index (χ1) is 6.79. The second-order valence-corrected chi connectivity index (χ2v) is 4.91. The highest BCUT2D eigenvalue weighted by molar-refractivity contribution is 7.98. The molecule has 0 spiro atoms. The summed E-state index contributed by atoms with van der Waals surface area (Å²) in [6.45, 7) is 6.79. The third-order valence-electron chi connectivity index (χ3n) is 2.62. The van der Waals surface area contributed by atoms with E-state index >= 15 is 0 Å². The van der Waals surface area contributed by atoms with Gasteiger partial charge in [0.1, 0.15) is 0 Å². The molecule has 1 nitrogen and oxygen atoms in total. The molecule has 0 fully saturated rings. The molecule has 0 rings (SSSR count). The zero-order chi connectivity index (χ0) is 10.8. The Morgan fingerprint density at radius 1 is 1.21 bits per heavy atom. The van der Waals surface area contributed by atoms with Gasteiger partial charge in [-0.3, -0.25) is 4.90 Å². The summed E-state index contributed by atoms with van der Waals surface area (Å²) in [6.07, 6.45) is 5.94. The Morgan fingerprint density at radius 2 is 1.86 bits per heavy atom. The maximum Gasteiger partial charge on any atom is 0.0351 e. The normalized spacial score (nSPS) is 11.6. The molecular formula is C11H24ClNS. The van der Waals surface area contributed by atoms with Gasteiger partial charge < -0.3 is 0 Å². The Morgan fingerprint density at radius 3 is 2.29 bits per heavy atom. The lowest BCUT2D eigenvalue weighted by atomic mass is 10.1. The van der Waals surface area contributed by atoms with Crippen LogP contribution in [-0.4, -0.2) is 41.9 Å². The molecule has 0 amide bonds. The van der Waals surface area contributed by atoms with Crippen LogP contribution in [0.15, 0.2) is 0 Å². The van der Waals surface area contributed by atoms with E-state index in [0.29, 0.717) is 0 Å². The van der Waals surface area contributed by atoms with Crippen molar-refractivity contribution in [3.8, 4) is 0 Å². The van der Waals surface area contributed by atoms with Crippen LogP contribution in [0.1, 0.15) is 33.1 Å². The Balaban J connectivity index is 3.85. The smallest absolute Gasteiger partial charge is 0.0351 e. The molecule has 0 aromatic rings. The van der Waals surface area contributed by atoms with Gasteiger partial charge in [0.05, 0.1) is 0 Å². The van der Waals surface area contributed by atoms with E-state index in [-0.39, 0.29) is 0 Å². The van der Waals surface area contributed by atoms with Gasteiger partial charge in [-0.05, 0) is 37.8 Å². The van der Waals surface area contributed by atoms with Crippen molar-refractivity contribution in [2.75, 3.05) is 31.0 Å². The van der Waals surface area contributed by atoms with Crippen LogP contribution in [-0.2, 0) is 0 Å². The quantitative estimate of drug-likeness (QED) is 0.446. The van der Waals surface area contributed by atoms with Gasteiger partial charge >= 0.3 is 0 Å². The third-order valence-corrected chi connectivity index (χ3v) is 3.49. The van der Waals surface area contributed by atoms with Crippen molar-refractivity contribution < 1.29 is 0 Å². The first-order valence-electron chi connectivity index (χ1n) is 5.59. The first-order valence-corrected chi connectivity index (χ1v) is 7.51. The predicted octanol–water partition coefficient (Wildman–Crippen LogP) is 3.47. The van der Waals surface area contributed by atoms with E-state index in [1.165, 1.54) is 31.6 Å². The molecule has 0 aliphatic heterocycles. The maximum atomic E-state index is 5.82. The average molecular weight is 238 g/mol. The SMILES string of the molecule is CCC(CC)N(CCCl)CCCSC. The number of hydrogen-bond acceptors (Lipinski definition) is 2. The van der Waals surface area contributed by atoms with E-state index in [1.807, 2.05) is 11.8 Å². The molecule has 0 bridgehead atoms. The molecule has 0 radical (unpaired) electrons. The largest absolute Gasteiger partial charge is 0.299 e. The van der Waals surface area contributed by atoms with E-state index in [0.717, 1.165) is 18.5 Å². The van der Waals surface area contributed by atoms with Crippen LogP contribution in [0.25, 0.3) is 0 Å². The monoisotopic (exact) mass is 237 g/mol. The average Bonchev–Trinajstić information content (AvgIpc) is 2.20. The second kappa shape index (κ2) is 10.1. The summed E-state index contributed by atoms with van der Waals surface area (Å²) in [5.41, 5.74) is 0. The van der Waals surface area contributed by atoms with Gasteiger partial charge in [0, 0.05) is 18.5 Å². The minimum absolute atomic E-state index is 0.732. The summed E-state index contributed by atoms with van der Waals surface area (Å²) in [5, 5.41) is 0. The van der Waals surface area contributed by atoms with Crippen LogP contribution >= 0.6 is 23.4 Å². The minimum Gasteiger partial charge on any atom is -0.299 e. The van der Waals surface area contributed by atoms with Crippen LogP contribution in [0.5, 0.6) is 0 Å². The molecule has 3 heteroatoms. The zero-order valence-electron chi connectivity index (χ0n) is 9.76. The second-order valence-electron chi connectivity index (χ2n) is 3.54. The minimum atomic E-state index is 0.732. The Kier molecular flexibility index (Phi) is 10.6. The molecule has 0 saturated carbocycles. The van der Waals surface area contributed by atoms with Gasteiger partial charge in [0.2, 0.25) is 0 Å². The molecular weight excluding hydrogens is 214 g/mol. The van der Waals surface area contributed by atoms with Crippen LogP contribution in [0.2, 0.25) is 0 Å². The lowest BCUT2D eigenvalue weighted by Gasteiger charge is -2.29. The van der Waals surface area contributed by atoms with Crippen molar-refractivity contribution in [3.05, 3.63) is 0 Å². The fraction of sp³-hybridized carbons (Fsp3) is 1.00. The van der Waals surface area contributed by atoms with Gasteiger partial charge in [-0.25, -0.2) is 0 Å². The number of halogens is 1. The predicted molar refractivity (Wildman–Crippen MR) is 69.7 cm³/mol. The van der Waals surface area contributed by atoms with Crippen molar-refractivity contribution in [2.24, 2.45) is 0 Å². The Hall–Kier alpha value is 0.600. The zero-order valence-corrected chi connectivity index (χ0v) is 11.3. The van der Waals surface area contributed by atoms with Gasteiger partial charge in [0.15, 0.2) is 0 Å². The Bertz CT molecular complexity index is 118. The van der Waals surface area contributed by atoms with E-state index in [1.54, 1.807) is 0 Å². The van der Waals surface area contributed by atoms with Crippen LogP contribution in [0.3, 0.4) is 0 Å². The molecule has 0 N–H and O–H groups in total. The summed E-state index contributed by atoms with van der Waals surface area (Å²) in [4.78, 5) is 2.54. The van der Waals surface area contributed by atoms with E-state index < -0.39 is 0 Å². The van der Waals surface area contributed by atoms with Crippen molar-refractivity contribution >= 4 is 23.4 Å².